The van der Waals surface area contributed by atoms with Gasteiger partial charge in [0.1, 0.15) is 12.1 Å². The first-order chi connectivity index (χ1) is 11.6. The molecule has 4 N–H and O–H groups in total. The monoisotopic (exact) mass is 323 g/mol. The van der Waals surface area contributed by atoms with E-state index in [4.69, 9.17) is 5.73 Å². The summed E-state index contributed by atoms with van der Waals surface area (Å²) in [6.07, 6.45) is 2.20. The minimum absolute atomic E-state index is 0.167. The smallest absolute Gasteiger partial charge is 0.257 e. The van der Waals surface area contributed by atoms with Crippen molar-refractivity contribution in [2.75, 3.05) is 5.32 Å². The van der Waals surface area contributed by atoms with Crippen LogP contribution in [-0.2, 0) is 0 Å². The summed E-state index contributed by atoms with van der Waals surface area (Å²) in [5.41, 5.74) is 7.54. The molecule has 0 saturated carbocycles. The van der Waals surface area contributed by atoms with Crippen molar-refractivity contribution < 1.29 is 9.18 Å². The molecular weight excluding hydrogens is 309 g/mol. The lowest BCUT2D eigenvalue weighted by atomic mass is 10.1. The van der Waals surface area contributed by atoms with Crippen LogP contribution in [0.4, 0.5) is 10.1 Å². The minimum Gasteiger partial charge on any atom is -0.397 e. The number of nitrogens with one attached hydrogen (secondary N) is 2. The van der Waals surface area contributed by atoms with Crippen LogP contribution in [0, 0.1) is 5.82 Å². The molecule has 0 aliphatic heterocycles. The maximum atomic E-state index is 13.9. The fraction of sp³-hybridized carbons (Fsp3) is 0. The molecule has 0 bridgehead atoms. The molecule has 0 fully saturated rings. The Kier molecular flexibility index (Phi) is 4.11. The van der Waals surface area contributed by atoms with Crippen molar-refractivity contribution >= 4 is 28.6 Å². The van der Waals surface area contributed by atoms with Crippen LogP contribution in [0.3, 0.4) is 0 Å². The second kappa shape index (κ2) is 6.37. The van der Waals surface area contributed by atoms with Crippen molar-refractivity contribution in [3.8, 4) is 0 Å². The number of fused-ring (bicyclic) bond motifs is 1. The Morgan fingerprint density at radius 2 is 1.92 bits per heavy atom. The first kappa shape index (κ1) is 15.5. The number of halogens is 1. The first-order valence-corrected chi connectivity index (χ1v) is 7.18. The number of carbonyl (C=O) groups is 1. The largest absolute Gasteiger partial charge is 0.397 e. The maximum Gasteiger partial charge on any atom is 0.257 e. The van der Waals surface area contributed by atoms with E-state index < -0.39 is 11.4 Å². The summed E-state index contributed by atoms with van der Waals surface area (Å²) in [5.74, 6) is -0.435. The van der Waals surface area contributed by atoms with E-state index in [0.717, 1.165) is 6.29 Å². The van der Waals surface area contributed by atoms with Crippen LogP contribution < -0.4 is 16.6 Å². The van der Waals surface area contributed by atoms with Crippen molar-refractivity contribution in [2.45, 2.75) is 0 Å². The highest BCUT2D eigenvalue weighted by atomic mass is 19.1. The number of hydrogen-bond donors (Lipinski definition) is 3. The zero-order chi connectivity index (χ0) is 17.1. The second-order valence-corrected chi connectivity index (χ2v) is 5.20. The van der Waals surface area contributed by atoms with Gasteiger partial charge in [0.2, 0.25) is 0 Å². The molecule has 120 valence electrons. The van der Waals surface area contributed by atoms with E-state index in [1.807, 2.05) is 0 Å². The van der Waals surface area contributed by atoms with Crippen molar-refractivity contribution in [1.29, 1.82) is 0 Å². The van der Waals surface area contributed by atoms with Gasteiger partial charge < -0.3 is 16.0 Å². The molecule has 2 aromatic carbocycles. The van der Waals surface area contributed by atoms with E-state index in [9.17, 15) is 14.0 Å². The third-order valence-corrected chi connectivity index (χ3v) is 3.59. The van der Waals surface area contributed by atoms with Gasteiger partial charge in [-0.05, 0) is 42.5 Å². The van der Waals surface area contributed by atoms with Gasteiger partial charge in [-0.25, -0.2) is 4.39 Å². The number of aldehydes is 1. The van der Waals surface area contributed by atoms with E-state index in [1.54, 1.807) is 30.3 Å². The third-order valence-electron chi connectivity index (χ3n) is 3.59. The summed E-state index contributed by atoms with van der Waals surface area (Å²) in [7, 11) is 0. The molecule has 3 aromatic rings. The number of benzene rings is 2. The SMILES string of the molecule is N/C(=C\Nc1ccc(C=O)cc1)c1cc2c(F)cccc2[nH]c1=O. The number of pyridine rings is 1. The lowest BCUT2D eigenvalue weighted by Gasteiger charge is -2.06. The Morgan fingerprint density at radius 1 is 1.17 bits per heavy atom. The molecule has 0 aliphatic rings. The zero-order valence-corrected chi connectivity index (χ0v) is 12.5. The fourth-order valence-corrected chi connectivity index (χ4v) is 2.30. The molecule has 0 amide bonds. The quantitative estimate of drug-likeness (QED) is 0.644. The van der Waals surface area contributed by atoms with Gasteiger partial charge in [-0.2, -0.15) is 0 Å². The van der Waals surface area contributed by atoms with Crippen LogP contribution in [0.1, 0.15) is 15.9 Å². The molecule has 0 radical (unpaired) electrons. The Morgan fingerprint density at radius 3 is 2.62 bits per heavy atom. The molecule has 3 rings (SSSR count). The highest BCUT2D eigenvalue weighted by Gasteiger charge is 2.08. The van der Waals surface area contributed by atoms with E-state index in [1.165, 1.54) is 24.4 Å². The molecule has 5 nitrogen and oxygen atoms in total. The predicted molar refractivity (Wildman–Crippen MR) is 92.1 cm³/mol. The molecule has 0 aliphatic carbocycles. The van der Waals surface area contributed by atoms with Crippen molar-refractivity contribution in [1.82, 2.24) is 4.98 Å². The standard InChI is InChI=1S/C18H14FN3O2/c19-15-2-1-3-17-13(15)8-14(18(24)22-17)16(20)9-21-12-6-4-11(10-23)5-7-12/h1-10,21H,20H2,(H,22,24)/b16-9-. The van der Waals surface area contributed by atoms with Crippen molar-refractivity contribution in [2.24, 2.45) is 5.73 Å². The highest BCUT2D eigenvalue weighted by molar-refractivity contribution is 5.83. The number of anilines is 1. The topological polar surface area (TPSA) is 88.0 Å². The summed E-state index contributed by atoms with van der Waals surface area (Å²) in [4.78, 5) is 25.3. The number of rotatable bonds is 4. The highest BCUT2D eigenvalue weighted by Crippen LogP contribution is 2.17. The van der Waals surface area contributed by atoms with Gasteiger partial charge in [-0.15, -0.1) is 0 Å². The molecule has 1 aromatic heterocycles. The van der Waals surface area contributed by atoms with Crippen LogP contribution in [-0.4, -0.2) is 11.3 Å². The summed E-state index contributed by atoms with van der Waals surface area (Å²) in [5, 5.41) is 3.23. The summed E-state index contributed by atoms with van der Waals surface area (Å²) < 4.78 is 13.9. The van der Waals surface area contributed by atoms with Gasteiger partial charge in [0.15, 0.2) is 0 Å². The van der Waals surface area contributed by atoms with Crippen molar-refractivity contribution in [3.63, 3.8) is 0 Å². The van der Waals surface area contributed by atoms with E-state index >= 15 is 0 Å². The van der Waals surface area contributed by atoms with Gasteiger partial charge in [0.25, 0.3) is 5.56 Å². The normalized spacial score (nSPS) is 11.5. The lowest BCUT2D eigenvalue weighted by molar-refractivity contribution is 0.112. The Balaban J connectivity index is 1.93. The molecule has 1 heterocycles. The molecule has 0 atom stereocenters. The fourth-order valence-electron chi connectivity index (χ4n) is 2.30. The maximum absolute atomic E-state index is 13.9. The Bertz CT molecular complexity index is 991. The Labute approximate surface area is 136 Å². The molecule has 0 spiro atoms. The first-order valence-electron chi connectivity index (χ1n) is 7.18. The number of aromatic nitrogens is 1. The average Bonchev–Trinajstić information content (AvgIpc) is 2.60. The number of carbonyl (C=O) groups excluding carboxylic acids is 1. The number of hydrogen-bond acceptors (Lipinski definition) is 4. The third kappa shape index (κ3) is 3.03. The molecule has 0 saturated heterocycles. The van der Waals surface area contributed by atoms with E-state index in [2.05, 4.69) is 10.3 Å². The van der Waals surface area contributed by atoms with Gasteiger partial charge >= 0.3 is 0 Å². The average molecular weight is 323 g/mol. The zero-order valence-electron chi connectivity index (χ0n) is 12.5. The van der Waals surface area contributed by atoms with E-state index in [-0.39, 0.29) is 11.3 Å². The second-order valence-electron chi connectivity index (χ2n) is 5.20. The number of H-pyrrole nitrogens is 1. The van der Waals surface area contributed by atoms with Gasteiger partial charge in [-0.1, -0.05) is 6.07 Å². The summed E-state index contributed by atoms with van der Waals surface area (Å²) in [6.45, 7) is 0. The minimum atomic E-state index is -0.435. The molecule has 6 heteroatoms. The van der Waals surface area contributed by atoms with Crippen LogP contribution in [0.15, 0.2) is 59.5 Å². The number of nitrogens with two attached hydrogens (primary N) is 1. The van der Waals surface area contributed by atoms with Gasteiger partial charge in [0.05, 0.1) is 16.8 Å². The molecular formula is C18H14FN3O2. The predicted octanol–water partition coefficient (Wildman–Crippen LogP) is 2.85. The van der Waals surface area contributed by atoms with E-state index in [0.29, 0.717) is 22.2 Å². The van der Waals surface area contributed by atoms with Crippen LogP contribution in [0.2, 0.25) is 0 Å². The van der Waals surface area contributed by atoms with Gasteiger partial charge in [0, 0.05) is 22.8 Å². The molecule has 24 heavy (non-hydrogen) atoms. The summed E-state index contributed by atoms with van der Waals surface area (Å²) >= 11 is 0. The van der Waals surface area contributed by atoms with Crippen LogP contribution in [0.25, 0.3) is 16.6 Å². The summed E-state index contributed by atoms with van der Waals surface area (Å²) in [6, 6.07) is 12.6. The van der Waals surface area contributed by atoms with Crippen molar-refractivity contribution in [3.05, 3.63) is 82.0 Å². The van der Waals surface area contributed by atoms with Gasteiger partial charge in [-0.3, -0.25) is 9.59 Å². The molecule has 0 unspecified atom stereocenters. The lowest BCUT2D eigenvalue weighted by Crippen LogP contribution is -2.16. The number of aromatic amines is 1. The van der Waals surface area contributed by atoms with Crippen LogP contribution in [0.5, 0.6) is 0 Å². The van der Waals surface area contributed by atoms with Crippen LogP contribution >= 0.6 is 0 Å². The Hall–Kier alpha value is -3.41.